The van der Waals surface area contributed by atoms with E-state index in [9.17, 15) is 9.18 Å². The maximum Gasteiger partial charge on any atom is 0.315 e. The topological polar surface area (TPSA) is 61.4 Å². The van der Waals surface area contributed by atoms with Crippen molar-refractivity contribution in [1.82, 2.24) is 10.6 Å². The number of hydrogen-bond donors (Lipinski definition) is 3. The first kappa shape index (κ1) is 14.8. The highest BCUT2D eigenvalue weighted by atomic mass is 19.1. The van der Waals surface area contributed by atoms with E-state index in [2.05, 4.69) is 10.6 Å². The van der Waals surface area contributed by atoms with Gasteiger partial charge in [-0.1, -0.05) is 30.3 Å². The first-order valence-electron chi connectivity index (χ1n) is 6.68. The monoisotopic (exact) mass is 288 g/mol. The summed E-state index contributed by atoms with van der Waals surface area (Å²) in [6.45, 7) is 0.617. The van der Waals surface area contributed by atoms with Crippen molar-refractivity contribution in [2.24, 2.45) is 0 Å². The zero-order valence-corrected chi connectivity index (χ0v) is 11.5. The molecule has 2 aromatic carbocycles. The van der Waals surface area contributed by atoms with E-state index in [0.29, 0.717) is 18.5 Å². The number of halogens is 1. The van der Waals surface area contributed by atoms with Crippen molar-refractivity contribution >= 4 is 6.03 Å². The van der Waals surface area contributed by atoms with Crippen molar-refractivity contribution in [2.45, 2.75) is 13.0 Å². The molecule has 0 atom stereocenters. The van der Waals surface area contributed by atoms with Crippen LogP contribution in [0.3, 0.4) is 0 Å². The van der Waals surface area contributed by atoms with Crippen LogP contribution in [0.5, 0.6) is 5.75 Å². The van der Waals surface area contributed by atoms with E-state index >= 15 is 0 Å². The molecule has 110 valence electrons. The average Bonchev–Trinajstić information content (AvgIpc) is 2.48. The predicted octanol–water partition coefficient (Wildman–Crippen LogP) is 2.57. The number of phenolic OH excluding ortho intramolecular Hbond substituents is 1. The van der Waals surface area contributed by atoms with Gasteiger partial charge >= 0.3 is 6.03 Å². The average molecular weight is 288 g/mol. The van der Waals surface area contributed by atoms with Crippen LogP contribution < -0.4 is 10.6 Å². The minimum atomic E-state index is -0.336. The fourth-order valence-electron chi connectivity index (χ4n) is 1.86. The van der Waals surface area contributed by atoms with Crippen molar-refractivity contribution in [1.29, 1.82) is 0 Å². The predicted molar refractivity (Wildman–Crippen MR) is 78.4 cm³/mol. The lowest BCUT2D eigenvalue weighted by Crippen LogP contribution is -2.36. The Hall–Kier alpha value is -2.56. The van der Waals surface area contributed by atoms with Crippen molar-refractivity contribution < 1.29 is 14.3 Å². The Labute approximate surface area is 122 Å². The molecule has 2 rings (SSSR count). The molecule has 2 aromatic rings. The van der Waals surface area contributed by atoms with Crippen molar-refractivity contribution in [2.75, 3.05) is 6.54 Å². The first-order chi connectivity index (χ1) is 10.1. The summed E-state index contributed by atoms with van der Waals surface area (Å²) in [4.78, 5) is 11.6. The van der Waals surface area contributed by atoms with Crippen LogP contribution in [0.4, 0.5) is 9.18 Å². The molecule has 0 fully saturated rings. The number of phenols is 1. The SMILES string of the molecule is O=C(NCCc1ccc(O)cc1)NCc1ccccc1F. The smallest absolute Gasteiger partial charge is 0.315 e. The van der Waals surface area contributed by atoms with Gasteiger partial charge in [0.25, 0.3) is 0 Å². The molecule has 0 spiro atoms. The molecule has 0 saturated heterocycles. The van der Waals surface area contributed by atoms with E-state index in [-0.39, 0.29) is 24.1 Å². The molecule has 4 nitrogen and oxygen atoms in total. The van der Waals surface area contributed by atoms with Gasteiger partial charge in [-0.3, -0.25) is 0 Å². The van der Waals surface area contributed by atoms with Crippen LogP contribution in [0.2, 0.25) is 0 Å². The Bertz CT molecular complexity index is 599. The molecule has 0 aliphatic heterocycles. The molecule has 5 heteroatoms. The summed E-state index contributed by atoms with van der Waals surface area (Å²) in [5, 5.41) is 14.5. The molecular formula is C16H17FN2O2. The molecule has 21 heavy (non-hydrogen) atoms. The summed E-state index contributed by atoms with van der Waals surface area (Å²) in [6, 6.07) is 12.8. The third-order valence-corrected chi connectivity index (χ3v) is 3.03. The molecule has 0 aromatic heterocycles. The summed E-state index contributed by atoms with van der Waals surface area (Å²) < 4.78 is 13.4. The molecule has 0 aliphatic rings. The number of urea groups is 1. The molecule has 0 radical (unpaired) electrons. The number of amides is 2. The third-order valence-electron chi connectivity index (χ3n) is 3.03. The Morgan fingerprint density at radius 2 is 1.76 bits per heavy atom. The zero-order valence-electron chi connectivity index (χ0n) is 11.5. The highest BCUT2D eigenvalue weighted by Gasteiger charge is 2.03. The second-order valence-corrected chi connectivity index (χ2v) is 4.62. The van der Waals surface area contributed by atoms with E-state index < -0.39 is 0 Å². The van der Waals surface area contributed by atoms with Crippen LogP contribution in [-0.4, -0.2) is 17.7 Å². The number of aromatic hydroxyl groups is 1. The standard InChI is InChI=1S/C16H17FN2O2/c17-15-4-2-1-3-13(15)11-19-16(21)18-10-9-12-5-7-14(20)8-6-12/h1-8,20H,9-11H2,(H2,18,19,21). The highest BCUT2D eigenvalue weighted by molar-refractivity contribution is 5.73. The Kier molecular flexibility index (Phi) is 5.15. The van der Waals surface area contributed by atoms with Crippen LogP contribution in [0.25, 0.3) is 0 Å². The lowest BCUT2D eigenvalue weighted by Gasteiger charge is -2.08. The van der Waals surface area contributed by atoms with Gasteiger partial charge in [-0.15, -0.1) is 0 Å². The first-order valence-corrected chi connectivity index (χ1v) is 6.68. The molecule has 3 N–H and O–H groups in total. The minimum absolute atomic E-state index is 0.151. The maximum atomic E-state index is 13.4. The Balaban J connectivity index is 1.70. The third kappa shape index (κ3) is 4.80. The largest absolute Gasteiger partial charge is 0.508 e. The number of hydrogen-bond acceptors (Lipinski definition) is 2. The van der Waals surface area contributed by atoms with E-state index in [4.69, 9.17) is 5.11 Å². The van der Waals surface area contributed by atoms with Crippen LogP contribution in [0.1, 0.15) is 11.1 Å². The fourth-order valence-corrected chi connectivity index (χ4v) is 1.86. The lowest BCUT2D eigenvalue weighted by molar-refractivity contribution is 0.240. The molecule has 0 bridgehead atoms. The van der Waals surface area contributed by atoms with Gasteiger partial charge in [-0.2, -0.15) is 0 Å². The fraction of sp³-hybridized carbons (Fsp3) is 0.188. The second kappa shape index (κ2) is 7.28. The van der Waals surface area contributed by atoms with Gasteiger partial charge in [-0.05, 0) is 30.2 Å². The number of carbonyl (C=O) groups is 1. The highest BCUT2D eigenvalue weighted by Crippen LogP contribution is 2.09. The minimum Gasteiger partial charge on any atom is -0.508 e. The summed E-state index contributed by atoms with van der Waals surface area (Å²) in [5.41, 5.74) is 1.47. The van der Waals surface area contributed by atoms with Gasteiger partial charge < -0.3 is 15.7 Å². The lowest BCUT2D eigenvalue weighted by atomic mass is 10.1. The Morgan fingerprint density at radius 3 is 2.48 bits per heavy atom. The van der Waals surface area contributed by atoms with Gasteiger partial charge in [0, 0.05) is 18.7 Å². The van der Waals surface area contributed by atoms with Crippen LogP contribution in [0, 0.1) is 5.82 Å². The van der Waals surface area contributed by atoms with E-state index in [1.54, 1.807) is 42.5 Å². The number of rotatable bonds is 5. The number of benzene rings is 2. The molecule has 2 amide bonds. The van der Waals surface area contributed by atoms with Gasteiger partial charge in [0.1, 0.15) is 11.6 Å². The molecule has 0 aliphatic carbocycles. The molecular weight excluding hydrogens is 271 g/mol. The molecule has 0 saturated carbocycles. The number of nitrogens with one attached hydrogen (secondary N) is 2. The van der Waals surface area contributed by atoms with Crippen LogP contribution in [0.15, 0.2) is 48.5 Å². The van der Waals surface area contributed by atoms with Crippen LogP contribution >= 0.6 is 0 Å². The van der Waals surface area contributed by atoms with Gasteiger partial charge in [-0.25, -0.2) is 9.18 Å². The maximum absolute atomic E-state index is 13.4. The van der Waals surface area contributed by atoms with Gasteiger partial charge in [0.15, 0.2) is 0 Å². The summed E-state index contributed by atoms with van der Waals surface area (Å²) >= 11 is 0. The second-order valence-electron chi connectivity index (χ2n) is 4.62. The molecule has 0 unspecified atom stereocenters. The van der Waals surface area contributed by atoms with E-state index in [1.807, 2.05) is 0 Å². The summed E-state index contributed by atoms with van der Waals surface area (Å²) in [7, 11) is 0. The number of carbonyl (C=O) groups excluding carboxylic acids is 1. The van der Waals surface area contributed by atoms with E-state index in [1.165, 1.54) is 6.07 Å². The summed E-state index contributed by atoms with van der Waals surface area (Å²) in [5.74, 6) is -0.115. The normalized spacial score (nSPS) is 10.1. The van der Waals surface area contributed by atoms with Gasteiger partial charge in [0.05, 0.1) is 0 Å². The zero-order chi connectivity index (χ0) is 15.1. The Morgan fingerprint density at radius 1 is 1.05 bits per heavy atom. The molecule has 0 heterocycles. The van der Waals surface area contributed by atoms with Crippen molar-refractivity contribution in [3.8, 4) is 5.75 Å². The van der Waals surface area contributed by atoms with Crippen molar-refractivity contribution in [3.63, 3.8) is 0 Å². The van der Waals surface area contributed by atoms with Crippen molar-refractivity contribution in [3.05, 3.63) is 65.5 Å². The summed E-state index contributed by atoms with van der Waals surface area (Å²) in [6.07, 6.45) is 0.660. The van der Waals surface area contributed by atoms with Gasteiger partial charge in [0.2, 0.25) is 0 Å². The van der Waals surface area contributed by atoms with Crippen LogP contribution in [-0.2, 0) is 13.0 Å². The van der Waals surface area contributed by atoms with E-state index in [0.717, 1.165) is 5.56 Å². The quantitative estimate of drug-likeness (QED) is 0.792.